The summed E-state index contributed by atoms with van der Waals surface area (Å²) in [5.41, 5.74) is 0. The van der Waals surface area contributed by atoms with Gasteiger partial charge in [-0.1, -0.05) is 25.5 Å². The molecule has 0 aromatic rings. The summed E-state index contributed by atoms with van der Waals surface area (Å²) >= 11 is 0. The van der Waals surface area contributed by atoms with Gasteiger partial charge in [-0.3, -0.25) is 4.79 Å². The molecule has 2 atom stereocenters. The lowest BCUT2D eigenvalue weighted by Gasteiger charge is -2.24. The molecule has 0 aromatic heterocycles. The van der Waals surface area contributed by atoms with Crippen molar-refractivity contribution in [1.29, 1.82) is 0 Å². The maximum atomic E-state index is 11.6. The van der Waals surface area contributed by atoms with Gasteiger partial charge in [0, 0.05) is 11.8 Å². The van der Waals surface area contributed by atoms with Gasteiger partial charge < -0.3 is 5.11 Å². The molecule has 1 N–H and O–H groups in total. The molecule has 13 heavy (non-hydrogen) atoms. The lowest BCUT2D eigenvalue weighted by atomic mass is 9.79. The number of hydrogen-bond donors (Lipinski definition) is 1. The summed E-state index contributed by atoms with van der Waals surface area (Å²) in [5, 5.41) is 8.54. The van der Waals surface area contributed by atoms with Crippen LogP contribution in [-0.4, -0.2) is 17.5 Å². The Balaban J connectivity index is 2.39. The van der Waals surface area contributed by atoms with Crippen LogP contribution in [0.25, 0.3) is 0 Å². The zero-order chi connectivity index (χ0) is 9.68. The van der Waals surface area contributed by atoms with Crippen molar-refractivity contribution in [2.75, 3.05) is 6.61 Å². The number of aliphatic hydroxyl groups excluding tert-OH is 1. The van der Waals surface area contributed by atoms with E-state index in [4.69, 9.17) is 5.11 Å². The highest BCUT2D eigenvalue weighted by atomic mass is 16.2. The van der Waals surface area contributed by atoms with Crippen molar-refractivity contribution in [1.82, 2.24) is 0 Å². The quantitative estimate of drug-likeness (QED) is 0.677. The smallest absolute Gasteiger partial charge is 0.139 e. The highest BCUT2D eigenvalue weighted by Crippen LogP contribution is 2.27. The average Bonchev–Trinajstić information content (AvgIpc) is 2.13. The van der Waals surface area contributed by atoms with Crippen LogP contribution < -0.4 is 0 Å². The summed E-state index contributed by atoms with van der Waals surface area (Å²) < 4.78 is 0. The summed E-state index contributed by atoms with van der Waals surface area (Å²) in [6.45, 7) is 2.10. The van der Waals surface area contributed by atoms with Gasteiger partial charge in [0.1, 0.15) is 5.78 Å². The van der Waals surface area contributed by atoms with Crippen LogP contribution in [-0.2, 0) is 4.79 Å². The average molecular weight is 182 g/mol. The molecule has 0 aliphatic heterocycles. The molecule has 1 fully saturated rings. The van der Waals surface area contributed by atoms with E-state index in [1.807, 2.05) is 13.0 Å². The first kappa shape index (κ1) is 10.5. The number of ketones is 1. The van der Waals surface area contributed by atoms with Crippen LogP contribution in [0.4, 0.5) is 0 Å². The fourth-order valence-electron chi connectivity index (χ4n) is 1.93. The van der Waals surface area contributed by atoms with Crippen molar-refractivity contribution in [3.8, 4) is 0 Å². The Morgan fingerprint density at radius 1 is 1.46 bits per heavy atom. The topological polar surface area (TPSA) is 37.3 Å². The molecule has 1 aliphatic carbocycles. The van der Waals surface area contributed by atoms with Crippen LogP contribution >= 0.6 is 0 Å². The van der Waals surface area contributed by atoms with Gasteiger partial charge in [-0.15, -0.1) is 0 Å². The minimum atomic E-state index is 0.0798. The van der Waals surface area contributed by atoms with Gasteiger partial charge in [-0.05, 0) is 19.3 Å². The Bertz CT molecular complexity index is 196. The Hall–Kier alpha value is -0.630. The predicted molar refractivity (Wildman–Crippen MR) is 52.4 cm³/mol. The van der Waals surface area contributed by atoms with E-state index in [-0.39, 0.29) is 18.4 Å². The Morgan fingerprint density at radius 2 is 2.23 bits per heavy atom. The third-order valence-corrected chi connectivity index (χ3v) is 2.77. The molecule has 0 radical (unpaired) electrons. The number of rotatable bonds is 3. The minimum Gasteiger partial charge on any atom is -0.392 e. The monoisotopic (exact) mass is 182 g/mol. The van der Waals surface area contributed by atoms with Gasteiger partial charge in [0.15, 0.2) is 0 Å². The van der Waals surface area contributed by atoms with Crippen LogP contribution in [0.1, 0.15) is 32.6 Å². The van der Waals surface area contributed by atoms with Gasteiger partial charge in [-0.25, -0.2) is 0 Å². The van der Waals surface area contributed by atoms with Crippen LogP contribution in [0.2, 0.25) is 0 Å². The fraction of sp³-hybridized carbons (Fsp3) is 0.727. The van der Waals surface area contributed by atoms with Gasteiger partial charge >= 0.3 is 0 Å². The number of aliphatic hydroxyl groups is 1. The number of Topliss-reactive ketones (excluding diaryl/α,β-unsaturated/α-hetero) is 1. The van der Waals surface area contributed by atoms with E-state index in [1.165, 1.54) is 6.42 Å². The molecule has 0 amide bonds. The van der Waals surface area contributed by atoms with E-state index in [9.17, 15) is 4.79 Å². The number of hydrogen-bond acceptors (Lipinski definition) is 2. The summed E-state index contributed by atoms with van der Waals surface area (Å²) in [7, 11) is 0. The molecule has 1 aliphatic rings. The van der Waals surface area contributed by atoms with Gasteiger partial charge in [0.2, 0.25) is 0 Å². The molecular weight excluding hydrogens is 164 g/mol. The number of carbonyl (C=O) groups excluding carboxylic acids is 1. The Kier molecular flexibility index (Phi) is 4.16. The third-order valence-electron chi connectivity index (χ3n) is 2.77. The summed E-state index contributed by atoms with van der Waals surface area (Å²) in [4.78, 5) is 11.6. The highest BCUT2D eigenvalue weighted by molar-refractivity contribution is 5.83. The first-order chi connectivity index (χ1) is 6.25. The molecule has 2 heteroatoms. The van der Waals surface area contributed by atoms with Crippen molar-refractivity contribution in [3.63, 3.8) is 0 Å². The molecule has 1 rings (SSSR count). The number of carbonyl (C=O) groups is 1. The number of allylic oxidation sites excluding steroid dienone is 1. The van der Waals surface area contributed by atoms with Crippen molar-refractivity contribution >= 4 is 5.78 Å². The first-order valence-corrected chi connectivity index (χ1v) is 5.05. The standard InChI is InChI=1S/C11H18O2/c1-9-5-4-7-10(11(9)13)6-2-3-8-12/h2-3,9-10,12H,4-8H2,1H3/b3-2+. The fourth-order valence-corrected chi connectivity index (χ4v) is 1.93. The van der Waals surface area contributed by atoms with Gasteiger partial charge in [0.05, 0.1) is 6.61 Å². The maximum absolute atomic E-state index is 11.6. The van der Waals surface area contributed by atoms with Gasteiger partial charge in [0.25, 0.3) is 0 Å². The van der Waals surface area contributed by atoms with E-state index in [1.54, 1.807) is 6.08 Å². The van der Waals surface area contributed by atoms with Crippen molar-refractivity contribution < 1.29 is 9.90 Å². The van der Waals surface area contributed by atoms with Crippen molar-refractivity contribution in [2.24, 2.45) is 11.8 Å². The second kappa shape index (κ2) is 5.18. The zero-order valence-electron chi connectivity index (χ0n) is 8.20. The highest BCUT2D eigenvalue weighted by Gasteiger charge is 2.26. The summed E-state index contributed by atoms with van der Waals surface area (Å²) in [6.07, 6.45) is 7.69. The molecule has 0 aromatic carbocycles. The molecule has 0 heterocycles. The van der Waals surface area contributed by atoms with E-state index in [0.29, 0.717) is 5.78 Å². The molecule has 0 saturated heterocycles. The van der Waals surface area contributed by atoms with E-state index >= 15 is 0 Å². The van der Waals surface area contributed by atoms with E-state index in [0.717, 1.165) is 19.3 Å². The Labute approximate surface area is 79.6 Å². The second-order valence-electron chi connectivity index (χ2n) is 3.82. The van der Waals surface area contributed by atoms with Crippen LogP contribution in [0, 0.1) is 11.8 Å². The predicted octanol–water partition coefficient (Wildman–Crippen LogP) is 1.93. The largest absolute Gasteiger partial charge is 0.392 e. The maximum Gasteiger partial charge on any atom is 0.139 e. The molecule has 2 nitrogen and oxygen atoms in total. The minimum absolute atomic E-state index is 0.0798. The molecule has 0 bridgehead atoms. The lowest BCUT2D eigenvalue weighted by Crippen LogP contribution is -2.26. The van der Waals surface area contributed by atoms with Gasteiger partial charge in [-0.2, -0.15) is 0 Å². The van der Waals surface area contributed by atoms with E-state index in [2.05, 4.69) is 0 Å². The molecule has 1 saturated carbocycles. The lowest BCUT2D eigenvalue weighted by molar-refractivity contribution is -0.128. The SMILES string of the molecule is CC1CCCC(C/C=C/CO)C1=O. The second-order valence-corrected chi connectivity index (χ2v) is 3.82. The Morgan fingerprint density at radius 3 is 2.92 bits per heavy atom. The van der Waals surface area contributed by atoms with Crippen LogP contribution in [0.3, 0.4) is 0 Å². The molecule has 74 valence electrons. The normalized spacial score (nSPS) is 29.8. The van der Waals surface area contributed by atoms with Crippen LogP contribution in [0.15, 0.2) is 12.2 Å². The van der Waals surface area contributed by atoms with E-state index < -0.39 is 0 Å². The molecule has 0 spiro atoms. The van der Waals surface area contributed by atoms with Crippen molar-refractivity contribution in [2.45, 2.75) is 32.6 Å². The first-order valence-electron chi connectivity index (χ1n) is 5.05. The molecule has 2 unspecified atom stereocenters. The third kappa shape index (κ3) is 2.96. The van der Waals surface area contributed by atoms with Crippen molar-refractivity contribution in [3.05, 3.63) is 12.2 Å². The summed E-state index contributed by atoms with van der Waals surface area (Å²) in [6, 6.07) is 0. The summed E-state index contributed by atoms with van der Waals surface area (Å²) in [5.74, 6) is 0.877. The zero-order valence-corrected chi connectivity index (χ0v) is 8.20. The van der Waals surface area contributed by atoms with Crippen LogP contribution in [0.5, 0.6) is 0 Å². The molecular formula is C11H18O2.